The zero-order valence-corrected chi connectivity index (χ0v) is 13.0. The molecule has 1 aromatic rings. The number of hydrogen-bond acceptors (Lipinski definition) is 5. The first-order valence-corrected chi connectivity index (χ1v) is 7.60. The molecule has 104 valence electrons. The van der Waals surface area contributed by atoms with E-state index in [0.29, 0.717) is 16.0 Å². The van der Waals surface area contributed by atoms with Crippen molar-refractivity contribution in [1.29, 1.82) is 0 Å². The molecule has 2 rings (SSSR count). The molecule has 0 aromatic heterocycles. The normalized spacial score (nSPS) is 19.5. The SMILES string of the molecule is CSC1=NC(c2ccc(OC(C)C)c(Cl)c2)N(C)O1. The first-order valence-electron chi connectivity index (χ1n) is 6.00. The molecule has 0 saturated heterocycles. The molecule has 1 heterocycles. The second-order valence-corrected chi connectivity index (χ2v) is 5.63. The lowest BCUT2D eigenvalue weighted by Crippen LogP contribution is -2.18. The van der Waals surface area contributed by atoms with Crippen LogP contribution in [-0.2, 0) is 4.84 Å². The quantitative estimate of drug-likeness (QED) is 0.852. The largest absolute Gasteiger partial charge is 0.489 e. The van der Waals surface area contributed by atoms with Crippen LogP contribution in [-0.4, -0.2) is 29.7 Å². The maximum absolute atomic E-state index is 6.23. The summed E-state index contributed by atoms with van der Waals surface area (Å²) in [6, 6.07) is 5.70. The van der Waals surface area contributed by atoms with E-state index in [9.17, 15) is 0 Å². The molecule has 1 atom stereocenters. The topological polar surface area (TPSA) is 34.1 Å². The number of hydroxylamine groups is 2. The van der Waals surface area contributed by atoms with E-state index in [1.54, 1.807) is 5.06 Å². The summed E-state index contributed by atoms with van der Waals surface area (Å²) in [6.45, 7) is 3.94. The van der Waals surface area contributed by atoms with Gasteiger partial charge in [0.15, 0.2) is 6.17 Å². The summed E-state index contributed by atoms with van der Waals surface area (Å²) in [6.07, 6.45) is 1.87. The van der Waals surface area contributed by atoms with Crippen molar-refractivity contribution in [2.24, 2.45) is 4.99 Å². The number of nitrogens with zero attached hydrogens (tertiary/aromatic N) is 2. The van der Waals surface area contributed by atoms with Gasteiger partial charge in [0.2, 0.25) is 0 Å². The number of ether oxygens (including phenoxy) is 1. The molecular formula is C13H17ClN2O2S. The molecule has 6 heteroatoms. The third-order valence-corrected chi connectivity index (χ3v) is 3.41. The molecule has 0 saturated carbocycles. The van der Waals surface area contributed by atoms with Crippen LogP contribution in [0.4, 0.5) is 0 Å². The summed E-state index contributed by atoms with van der Waals surface area (Å²) in [7, 11) is 1.85. The molecule has 1 aliphatic rings. The first-order chi connectivity index (χ1) is 9.01. The van der Waals surface area contributed by atoms with E-state index in [1.165, 1.54) is 11.8 Å². The Morgan fingerprint density at radius 1 is 1.47 bits per heavy atom. The Morgan fingerprint density at radius 3 is 2.74 bits per heavy atom. The average Bonchev–Trinajstić information content (AvgIpc) is 2.73. The van der Waals surface area contributed by atoms with Gasteiger partial charge in [0.25, 0.3) is 5.23 Å². The molecule has 0 amide bonds. The molecule has 4 nitrogen and oxygen atoms in total. The highest BCUT2D eigenvalue weighted by Crippen LogP contribution is 2.34. The fourth-order valence-electron chi connectivity index (χ4n) is 1.78. The predicted molar refractivity (Wildman–Crippen MR) is 79.8 cm³/mol. The highest BCUT2D eigenvalue weighted by molar-refractivity contribution is 8.12. The van der Waals surface area contributed by atoms with Crippen molar-refractivity contribution in [3.05, 3.63) is 28.8 Å². The number of halogens is 1. The highest BCUT2D eigenvalue weighted by atomic mass is 35.5. The van der Waals surface area contributed by atoms with E-state index in [-0.39, 0.29) is 12.3 Å². The number of hydrogen-bond donors (Lipinski definition) is 0. The van der Waals surface area contributed by atoms with Crippen LogP contribution < -0.4 is 4.74 Å². The van der Waals surface area contributed by atoms with Gasteiger partial charge in [0.1, 0.15) is 5.75 Å². The third kappa shape index (κ3) is 3.35. The summed E-state index contributed by atoms with van der Waals surface area (Å²) in [4.78, 5) is 9.96. The lowest BCUT2D eigenvalue weighted by molar-refractivity contribution is -0.0544. The van der Waals surface area contributed by atoms with Gasteiger partial charge in [-0.3, -0.25) is 0 Å². The second-order valence-electron chi connectivity index (χ2n) is 4.47. The van der Waals surface area contributed by atoms with Crippen LogP contribution in [0.5, 0.6) is 5.75 Å². The number of rotatable bonds is 3. The van der Waals surface area contributed by atoms with Crippen LogP contribution in [0.3, 0.4) is 0 Å². The number of aliphatic imine (C=N–C) groups is 1. The van der Waals surface area contributed by atoms with Gasteiger partial charge in [-0.1, -0.05) is 29.4 Å². The highest BCUT2D eigenvalue weighted by Gasteiger charge is 2.27. The Hall–Kier alpha value is -0.910. The Kier molecular flexibility index (Phi) is 4.60. The van der Waals surface area contributed by atoms with E-state index in [4.69, 9.17) is 21.2 Å². The number of thioether (sulfide) groups is 1. The molecule has 1 aromatic carbocycles. The molecule has 0 fully saturated rings. The van der Waals surface area contributed by atoms with Crippen LogP contribution in [0.25, 0.3) is 0 Å². The summed E-state index contributed by atoms with van der Waals surface area (Å²) < 4.78 is 5.62. The zero-order valence-electron chi connectivity index (χ0n) is 11.4. The molecule has 0 N–H and O–H groups in total. The fourth-order valence-corrected chi connectivity index (χ4v) is 2.41. The van der Waals surface area contributed by atoms with Gasteiger partial charge in [-0.25, -0.2) is 4.99 Å². The molecule has 0 aliphatic carbocycles. The van der Waals surface area contributed by atoms with Gasteiger partial charge in [-0.15, -0.1) is 5.06 Å². The minimum absolute atomic E-state index is 0.0990. The van der Waals surface area contributed by atoms with Gasteiger partial charge in [0.05, 0.1) is 11.1 Å². The fraction of sp³-hybridized carbons (Fsp3) is 0.462. The maximum atomic E-state index is 6.23. The lowest BCUT2D eigenvalue weighted by Gasteiger charge is -2.17. The Balaban J connectivity index is 2.22. The summed E-state index contributed by atoms with van der Waals surface area (Å²) in [5.41, 5.74) is 0.979. The molecule has 0 bridgehead atoms. The van der Waals surface area contributed by atoms with E-state index >= 15 is 0 Å². The van der Waals surface area contributed by atoms with Crippen LogP contribution in [0.2, 0.25) is 5.02 Å². The second kappa shape index (κ2) is 6.03. The first kappa shape index (κ1) is 14.5. The van der Waals surface area contributed by atoms with Crippen molar-refractivity contribution in [2.45, 2.75) is 26.1 Å². The molecular weight excluding hydrogens is 284 g/mol. The van der Waals surface area contributed by atoms with Crippen LogP contribution in [0, 0.1) is 0 Å². The van der Waals surface area contributed by atoms with Gasteiger partial charge in [0, 0.05) is 7.05 Å². The van der Waals surface area contributed by atoms with Gasteiger partial charge in [-0.2, -0.15) is 0 Å². The average molecular weight is 301 g/mol. The maximum Gasteiger partial charge on any atom is 0.270 e. The summed E-state index contributed by atoms with van der Waals surface area (Å²) in [5.74, 6) is 0.691. The van der Waals surface area contributed by atoms with Crippen molar-refractivity contribution < 1.29 is 9.57 Å². The zero-order chi connectivity index (χ0) is 14.0. The molecule has 1 unspecified atom stereocenters. The molecule has 0 spiro atoms. The van der Waals surface area contributed by atoms with Crippen molar-refractivity contribution in [3.63, 3.8) is 0 Å². The third-order valence-electron chi connectivity index (χ3n) is 2.59. The Bertz CT molecular complexity index is 494. The predicted octanol–water partition coefficient (Wildman–Crippen LogP) is 3.72. The van der Waals surface area contributed by atoms with Gasteiger partial charge < -0.3 is 9.57 Å². The van der Waals surface area contributed by atoms with Gasteiger partial charge in [-0.05, 0) is 37.8 Å². The van der Waals surface area contributed by atoms with Crippen molar-refractivity contribution in [3.8, 4) is 5.75 Å². The molecule has 1 aliphatic heterocycles. The smallest absolute Gasteiger partial charge is 0.270 e. The summed E-state index contributed by atoms with van der Waals surface area (Å²) >= 11 is 7.71. The minimum Gasteiger partial charge on any atom is -0.489 e. The monoisotopic (exact) mass is 300 g/mol. The van der Waals surface area contributed by atoms with Crippen LogP contribution in [0.15, 0.2) is 23.2 Å². The Morgan fingerprint density at radius 2 is 2.21 bits per heavy atom. The van der Waals surface area contributed by atoms with E-state index in [0.717, 1.165) is 5.56 Å². The van der Waals surface area contributed by atoms with Crippen molar-refractivity contribution in [2.75, 3.05) is 13.3 Å². The van der Waals surface area contributed by atoms with E-state index in [1.807, 2.05) is 45.4 Å². The Labute approximate surface area is 122 Å². The standard InChI is InChI=1S/C13H17ClN2O2S/c1-8(2)17-11-6-5-9(7-10(11)14)12-15-13(19-4)18-16(12)3/h5-8,12H,1-4H3. The van der Waals surface area contributed by atoms with Crippen LogP contribution in [0.1, 0.15) is 25.6 Å². The van der Waals surface area contributed by atoms with Crippen molar-refractivity contribution in [1.82, 2.24) is 5.06 Å². The molecule has 19 heavy (non-hydrogen) atoms. The molecule has 0 radical (unpaired) electrons. The van der Waals surface area contributed by atoms with Gasteiger partial charge >= 0.3 is 0 Å². The van der Waals surface area contributed by atoms with E-state index in [2.05, 4.69) is 4.99 Å². The van der Waals surface area contributed by atoms with Crippen molar-refractivity contribution >= 4 is 28.6 Å². The minimum atomic E-state index is -0.159. The number of benzene rings is 1. The summed E-state index contributed by atoms with van der Waals surface area (Å²) in [5, 5.41) is 2.96. The lowest BCUT2D eigenvalue weighted by atomic mass is 10.1. The van der Waals surface area contributed by atoms with Crippen LogP contribution >= 0.6 is 23.4 Å². The van der Waals surface area contributed by atoms with E-state index < -0.39 is 0 Å².